The van der Waals surface area contributed by atoms with Crippen LogP contribution < -0.4 is 25.7 Å². The molecule has 4 saturated carbocycles. The number of aromatic nitrogens is 1. The zero-order valence-electron chi connectivity index (χ0n) is 28.7. The molecule has 0 unspecified atom stereocenters. The van der Waals surface area contributed by atoms with E-state index in [0.29, 0.717) is 70.7 Å². The molecule has 2 amide bonds. The predicted molar refractivity (Wildman–Crippen MR) is 181 cm³/mol. The van der Waals surface area contributed by atoms with Gasteiger partial charge in [0.15, 0.2) is 0 Å². The maximum Gasteiger partial charge on any atom is 0.254 e. The van der Waals surface area contributed by atoms with E-state index in [0.717, 1.165) is 25.7 Å². The summed E-state index contributed by atoms with van der Waals surface area (Å²) in [6, 6.07) is 9.77. The molecule has 0 aliphatic heterocycles. The van der Waals surface area contributed by atoms with Crippen molar-refractivity contribution in [1.82, 2.24) is 15.2 Å². The molecule has 0 saturated heterocycles. The Kier molecular flexibility index (Phi) is 8.68. The molecule has 3 N–H and O–H groups in total. The number of ether oxygens (including phenoxy) is 2. The van der Waals surface area contributed by atoms with E-state index in [9.17, 15) is 23.9 Å². The monoisotopic (exact) mass is 659 g/mol. The van der Waals surface area contributed by atoms with Gasteiger partial charge in [-0.15, -0.1) is 0 Å². The van der Waals surface area contributed by atoms with E-state index in [4.69, 9.17) is 9.47 Å². The van der Waals surface area contributed by atoms with E-state index in [1.165, 1.54) is 29.7 Å². The molecule has 10 heteroatoms. The maximum absolute atomic E-state index is 14.1. The molecule has 0 atom stereocenters. The average molecular weight is 660 g/mol. The van der Waals surface area contributed by atoms with Crippen molar-refractivity contribution in [1.29, 1.82) is 0 Å². The van der Waals surface area contributed by atoms with Crippen LogP contribution in [0, 0.1) is 25.1 Å². The first-order valence-electron chi connectivity index (χ1n) is 16.9. The average Bonchev–Trinajstić information content (AvgIpc) is 3.54. The Morgan fingerprint density at radius 1 is 0.979 bits per heavy atom. The molecule has 1 heterocycles. The SMILES string of the molecule is CC(=O)NC12CCC(C(=O)NC3CCC(Oc4cc(=O)n(C)cc4-c4cc(C(C)(C)O)ccc4Oc4c(C)cc(F)cc4C)CC3)(C1)C2. The summed E-state index contributed by atoms with van der Waals surface area (Å²) < 4.78 is 28.6. The fourth-order valence-corrected chi connectivity index (χ4v) is 8.01. The Balaban J connectivity index is 1.21. The van der Waals surface area contributed by atoms with Gasteiger partial charge in [-0.1, -0.05) is 6.07 Å². The quantitative estimate of drug-likeness (QED) is 0.256. The largest absolute Gasteiger partial charge is 0.490 e. The highest BCUT2D eigenvalue weighted by Crippen LogP contribution is 2.61. The number of aliphatic hydroxyl groups is 1. The van der Waals surface area contributed by atoms with Crippen molar-refractivity contribution in [2.45, 2.75) is 109 Å². The molecule has 4 aliphatic carbocycles. The van der Waals surface area contributed by atoms with Crippen LogP contribution in [0.1, 0.15) is 88.8 Å². The Morgan fingerprint density at radius 2 is 1.65 bits per heavy atom. The van der Waals surface area contributed by atoms with Crippen LogP contribution in [0.3, 0.4) is 0 Å². The zero-order valence-corrected chi connectivity index (χ0v) is 28.7. The minimum atomic E-state index is -1.15. The summed E-state index contributed by atoms with van der Waals surface area (Å²) in [5.41, 5.74) is 1.20. The summed E-state index contributed by atoms with van der Waals surface area (Å²) in [6.45, 7) is 8.50. The van der Waals surface area contributed by atoms with Crippen molar-refractivity contribution in [3.63, 3.8) is 0 Å². The molecule has 3 aromatic rings. The molecule has 7 rings (SSSR count). The molecule has 2 aromatic carbocycles. The number of hydrogen-bond acceptors (Lipinski definition) is 6. The fourth-order valence-electron chi connectivity index (χ4n) is 8.01. The second-order valence-corrected chi connectivity index (χ2v) is 14.9. The molecular weight excluding hydrogens is 613 g/mol. The first kappa shape index (κ1) is 33.7. The van der Waals surface area contributed by atoms with Crippen LogP contribution in [-0.2, 0) is 22.2 Å². The first-order valence-corrected chi connectivity index (χ1v) is 16.9. The number of hydrogen-bond donors (Lipinski definition) is 3. The van der Waals surface area contributed by atoms with Crippen LogP contribution in [0.2, 0.25) is 0 Å². The number of benzene rings is 2. The third kappa shape index (κ3) is 6.59. The van der Waals surface area contributed by atoms with Gasteiger partial charge in [-0.05, 0) is 120 Å². The summed E-state index contributed by atoms with van der Waals surface area (Å²) in [5, 5.41) is 17.2. The summed E-state index contributed by atoms with van der Waals surface area (Å²) in [7, 11) is 1.67. The van der Waals surface area contributed by atoms with Gasteiger partial charge in [0, 0.05) is 48.9 Å². The molecule has 2 bridgehead atoms. The van der Waals surface area contributed by atoms with Gasteiger partial charge in [-0.2, -0.15) is 0 Å². The number of fused-ring (bicyclic) bond motifs is 1. The second kappa shape index (κ2) is 12.4. The van der Waals surface area contributed by atoms with Crippen molar-refractivity contribution >= 4 is 11.8 Å². The molecule has 256 valence electrons. The number of aryl methyl sites for hydroxylation is 3. The second-order valence-electron chi connectivity index (χ2n) is 14.9. The molecule has 1 aromatic heterocycles. The smallest absolute Gasteiger partial charge is 0.254 e. The topological polar surface area (TPSA) is 119 Å². The number of pyridine rings is 1. The van der Waals surface area contributed by atoms with Crippen LogP contribution in [0.4, 0.5) is 4.39 Å². The number of amides is 2. The van der Waals surface area contributed by atoms with Crippen molar-refractivity contribution in [2.24, 2.45) is 12.5 Å². The lowest BCUT2D eigenvalue weighted by atomic mass is 9.64. The van der Waals surface area contributed by atoms with Crippen LogP contribution in [-0.4, -0.2) is 39.2 Å². The maximum atomic E-state index is 14.1. The number of halogens is 1. The summed E-state index contributed by atoms with van der Waals surface area (Å²) in [5.74, 6) is 1.11. The molecule has 0 radical (unpaired) electrons. The Morgan fingerprint density at radius 3 is 2.27 bits per heavy atom. The molecule has 4 aliphatic rings. The standard InChI is InChI=1S/C38H46FN3O6/c1-22-15-26(39)16-23(2)34(22)48-31-12-7-25(36(4,5)46)17-29(31)30-19-42(6)33(44)18-32(30)47-28-10-8-27(9-11-28)40-35(45)37-13-14-38(20-37,21-37)41-24(3)43/h7,12,15-19,27-28,46H,8-11,13-14,20-21H2,1-6H3,(H,40,45)(H,41,43). The lowest BCUT2D eigenvalue weighted by molar-refractivity contribution is -0.139. The van der Waals surface area contributed by atoms with Gasteiger partial charge in [-0.25, -0.2) is 4.39 Å². The van der Waals surface area contributed by atoms with Crippen LogP contribution in [0.5, 0.6) is 17.2 Å². The summed E-state index contributed by atoms with van der Waals surface area (Å²) >= 11 is 0. The van der Waals surface area contributed by atoms with Crippen molar-refractivity contribution in [2.75, 3.05) is 0 Å². The lowest BCUT2D eigenvalue weighted by Crippen LogP contribution is -2.60. The minimum absolute atomic E-state index is 0.0388. The highest BCUT2D eigenvalue weighted by molar-refractivity contribution is 5.86. The van der Waals surface area contributed by atoms with E-state index in [2.05, 4.69) is 10.6 Å². The van der Waals surface area contributed by atoms with Gasteiger partial charge in [0.1, 0.15) is 23.1 Å². The first-order chi connectivity index (χ1) is 22.6. The van der Waals surface area contributed by atoms with Gasteiger partial charge in [0.05, 0.1) is 17.1 Å². The minimum Gasteiger partial charge on any atom is -0.490 e. The number of nitrogens with one attached hydrogen (secondary N) is 2. The molecule has 9 nitrogen and oxygen atoms in total. The van der Waals surface area contributed by atoms with Crippen molar-refractivity contribution in [3.05, 3.63) is 75.5 Å². The highest BCUT2D eigenvalue weighted by Gasteiger charge is 2.64. The fraction of sp³-hybridized carbons (Fsp3) is 0.500. The van der Waals surface area contributed by atoms with Crippen molar-refractivity contribution < 1.29 is 28.6 Å². The van der Waals surface area contributed by atoms with E-state index >= 15 is 0 Å². The van der Waals surface area contributed by atoms with Crippen LogP contribution >= 0.6 is 0 Å². The van der Waals surface area contributed by atoms with Gasteiger partial charge >= 0.3 is 0 Å². The number of carbonyl (C=O) groups excluding carboxylic acids is 2. The van der Waals surface area contributed by atoms with E-state index < -0.39 is 5.60 Å². The lowest BCUT2D eigenvalue weighted by Gasteiger charge is -2.47. The van der Waals surface area contributed by atoms with Crippen molar-refractivity contribution in [3.8, 4) is 28.4 Å². The third-order valence-corrected chi connectivity index (χ3v) is 10.5. The highest BCUT2D eigenvalue weighted by atomic mass is 19.1. The van der Waals surface area contributed by atoms with Gasteiger partial charge < -0.3 is 29.8 Å². The van der Waals surface area contributed by atoms with Gasteiger partial charge in [0.25, 0.3) is 5.56 Å². The molecule has 4 fully saturated rings. The predicted octanol–water partition coefficient (Wildman–Crippen LogP) is 6.08. The Labute approximate surface area is 280 Å². The molecule has 0 spiro atoms. The number of nitrogens with zero attached hydrogens (tertiary/aromatic N) is 1. The zero-order chi connectivity index (χ0) is 34.6. The van der Waals surface area contributed by atoms with Gasteiger partial charge in [0.2, 0.25) is 11.8 Å². The summed E-state index contributed by atoms with van der Waals surface area (Å²) in [6.07, 6.45) is 7.47. The number of rotatable bonds is 9. The van der Waals surface area contributed by atoms with Crippen LogP contribution in [0.25, 0.3) is 11.1 Å². The third-order valence-electron chi connectivity index (χ3n) is 10.5. The molecule has 48 heavy (non-hydrogen) atoms. The van der Waals surface area contributed by atoms with Crippen LogP contribution in [0.15, 0.2) is 47.4 Å². The Hall–Kier alpha value is -4.18. The number of carbonyl (C=O) groups is 2. The Bertz CT molecular complexity index is 1790. The molecular formula is C38H46FN3O6. The normalized spacial score (nSPS) is 24.8. The summed E-state index contributed by atoms with van der Waals surface area (Å²) in [4.78, 5) is 37.9. The van der Waals surface area contributed by atoms with Gasteiger partial charge in [-0.3, -0.25) is 14.4 Å². The van der Waals surface area contributed by atoms with E-state index in [1.807, 2.05) is 6.07 Å². The van der Waals surface area contributed by atoms with E-state index in [-0.39, 0.29) is 46.3 Å². The van der Waals surface area contributed by atoms with E-state index in [1.54, 1.807) is 53.1 Å².